The van der Waals surface area contributed by atoms with Crippen LogP contribution >= 0.6 is 0 Å². The van der Waals surface area contributed by atoms with Gasteiger partial charge in [0, 0.05) is 12.7 Å². The zero-order valence-corrected chi connectivity index (χ0v) is 11.2. The molecule has 18 heavy (non-hydrogen) atoms. The van der Waals surface area contributed by atoms with Gasteiger partial charge < -0.3 is 16.2 Å². The van der Waals surface area contributed by atoms with Crippen molar-refractivity contribution < 1.29 is 5.11 Å². The van der Waals surface area contributed by atoms with Crippen LogP contribution in [-0.4, -0.2) is 22.2 Å². The van der Waals surface area contributed by atoms with E-state index < -0.39 is 5.60 Å². The van der Waals surface area contributed by atoms with Gasteiger partial charge in [0.1, 0.15) is 5.82 Å². The number of hydrogen-bond donors (Lipinski definition) is 3. The van der Waals surface area contributed by atoms with Crippen molar-refractivity contribution in [3.8, 4) is 0 Å². The molecule has 0 unspecified atom stereocenters. The van der Waals surface area contributed by atoms with E-state index in [0.717, 1.165) is 25.7 Å². The molecule has 2 rings (SSSR count). The lowest BCUT2D eigenvalue weighted by atomic mass is 9.71. The SMILES string of the molecule is CC1(C)CCC(O)(CNc2ncccc2N)CC1. The first-order valence-corrected chi connectivity index (χ1v) is 6.57. The predicted octanol–water partition coefficient (Wildman–Crippen LogP) is 2.41. The van der Waals surface area contributed by atoms with Crippen LogP contribution in [-0.2, 0) is 0 Å². The molecule has 0 bridgehead atoms. The number of nitrogen functional groups attached to an aromatic ring is 1. The fourth-order valence-electron chi connectivity index (χ4n) is 2.38. The van der Waals surface area contributed by atoms with Crippen molar-refractivity contribution in [2.45, 2.75) is 45.1 Å². The summed E-state index contributed by atoms with van der Waals surface area (Å²) in [5, 5.41) is 13.7. The maximum atomic E-state index is 10.5. The van der Waals surface area contributed by atoms with Gasteiger partial charge in [-0.25, -0.2) is 4.98 Å². The van der Waals surface area contributed by atoms with E-state index in [1.165, 1.54) is 0 Å². The highest BCUT2D eigenvalue weighted by atomic mass is 16.3. The molecule has 0 aromatic carbocycles. The van der Waals surface area contributed by atoms with E-state index in [-0.39, 0.29) is 0 Å². The summed E-state index contributed by atoms with van der Waals surface area (Å²) < 4.78 is 0. The normalized spacial score (nSPS) is 21.5. The van der Waals surface area contributed by atoms with E-state index in [1.807, 2.05) is 6.07 Å². The fourth-order valence-corrected chi connectivity index (χ4v) is 2.38. The van der Waals surface area contributed by atoms with E-state index in [1.54, 1.807) is 12.3 Å². The summed E-state index contributed by atoms with van der Waals surface area (Å²) in [5.74, 6) is 0.663. The molecule has 0 radical (unpaired) electrons. The van der Waals surface area contributed by atoms with E-state index in [4.69, 9.17) is 5.73 Å². The molecule has 4 heteroatoms. The van der Waals surface area contributed by atoms with Crippen molar-refractivity contribution in [3.05, 3.63) is 18.3 Å². The number of pyridine rings is 1. The van der Waals surface area contributed by atoms with Gasteiger partial charge in [0.25, 0.3) is 0 Å². The Bertz CT molecular complexity index is 407. The summed E-state index contributed by atoms with van der Waals surface area (Å²) in [7, 11) is 0. The van der Waals surface area contributed by atoms with Crippen molar-refractivity contribution in [1.82, 2.24) is 4.98 Å². The highest BCUT2D eigenvalue weighted by molar-refractivity contribution is 5.60. The van der Waals surface area contributed by atoms with Crippen LogP contribution in [0, 0.1) is 5.41 Å². The maximum Gasteiger partial charge on any atom is 0.149 e. The van der Waals surface area contributed by atoms with Crippen molar-refractivity contribution in [1.29, 1.82) is 0 Å². The lowest BCUT2D eigenvalue weighted by Gasteiger charge is -2.40. The molecule has 1 aromatic rings. The summed E-state index contributed by atoms with van der Waals surface area (Å²) in [4.78, 5) is 4.18. The van der Waals surface area contributed by atoms with Crippen LogP contribution in [0.15, 0.2) is 18.3 Å². The minimum absolute atomic E-state index is 0.357. The van der Waals surface area contributed by atoms with Gasteiger partial charge in [-0.2, -0.15) is 0 Å². The van der Waals surface area contributed by atoms with Crippen molar-refractivity contribution >= 4 is 11.5 Å². The molecular weight excluding hydrogens is 226 g/mol. The summed E-state index contributed by atoms with van der Waals surface area (Å²) >= 11 is 0. The Hall–Kier alpha value is -1.29. The Balaban J connectivity index is 1.93. The fraction of sp³-hybridized carbons (Fsp3) is 0.643. The first-order valence-electron chi connectivity index (χ1n) is 6.57. The Kier molecular flexibility index (Phi) is 3.48. The van der Waals surface area contributed by atoms with Crippen molar-refractivity contribution in [2.75, 3.05) is 17.6 Å². The average Bonchev–Trinajstić information content (AvgIpc) is 2.33. The molecule has 0 aliphatic heterocycles. The molecule has 1 saturated carbocycles. The summed E-state index contributed by atoms with van der Waals surface area (Å²) in [6, 6.07) is 3.61. The standard InChI is InChI=1S/C14H23N3O/c1-13(2)5-7-14(18,8-6-13)10-17-12-11(15)4-3-9-16-12/h3-4,9,18H,5-8,10,15H2,1-2H3,(H,16,17). The monoisotopic (exact) mass is 249 g/mol. The molecule has 4 N–H and O–H groups in total. The van der Waals surface area contributed by atoms with Crippen LogP contribution < -0.4 is 11.1 Å². The zero-order chi connectivity index (χ0) is 13.2. The Morgan fingerprint density at radius 2 is 2.00 bits per heavy atom. The van der Waals surface area contributed by atoms with Gasteiger partial charge in [0.05, 0.1) is 11.3 Å². The number of aliphatic hydroxyl groups is 1. The number of anilines is 2. The van der Waals surface area contributed by atoms with Gasteiger partial charge in [-0.05, 0) is 43.2 Å². The number of rotatable bonds is 3. The Morgan fingerprint density at radius 3 is 2.61 bits per heavy atom. The summed E-state index contributed by atoms with van der Waals surface area (Å²) in [6.45, 7) is 5.04. The molecule has 100 valence electrons. The number of nitrogens with two attached hydrogens (primary N) is 1. The molecule has 1 aromatic heterocycles. The number of hydrogen-bond acceptors (Lipinski definition) is 4. The molecule has 4 nitrogen and oxygen atoms in total. The molecule has 1 fully saturated rings. The third-order valence-electron chi connectivity index (χ3n) is 3.96. The summed E-state index contributed by atoms with van der Waals surface area (Å²) in [6.07, 6.45) is 5.48. The molecule has 1 aliphatic carbocycles. The maximum absolute atomic E-state index is 10.5. The van der Waals surface area contributed by atoms with E-state index in [9.17, 15) is 5.11 Å². The first-order chi connectivity index (χ1) is 8.40. The van der Waals surface area contributed by atoms with Crippen LogP contribution in [0.25, 0.3) is 0 Å². The van der Waals surface area contributed by atoms with Gasteiger partial charge >= 0.3 is 0 Å². The molecule has 0 atom stereocenters. The van der Waals surface area contributed by atoms with E-state index in [0.29, 0.717) is 23.5 Å². The largest absolute Gasteiger partial charge is 0.396 e. The topological polar surface area (TPSA) is 71.2 Å². The van der Waals surface area contributed by atoms with Crippen LogP contribution in [0.1, 0.15) is 39.5 Å². The minimum atomic E-state index is -0.626. The van der Waals surface area contributed by atoms with E-state index >= 15 is 0 Å². The van der Waals surface area contributed by atoms with Crippen LogP contribution in [0.5, 0.6) is 0 Å². The highest BCUT2D eigenvalue weighted by Gasteiger charge is 2.36. The molecular formula is C14H23N3O. The number of nitrogens with zero attached hydrogens (tertiary/aromatic N) is 1. The second-order valence-corrected chi connectivity index (χ2v) is 6.18. The predicted molar refractivity (Wildman–Crippen MR) is 74.3 cm³/mol. The first kappa shape index (κ1) is 13.1. The van der Waals surface area contributed by atoms with Gasteiger partial charge in [-0.1, -0.05) is 13.8 Å². The molecule has 1 heterocycles. The smallest absolute Gasteiger partial charge is 0.149 e. The van der Waals surface area contributed by atoms with Crippen molar-refractivity contribution in [3.63, 3.8) is 0 Å². The zero-order valence-electron chi connectivity index (χ0n) is 11.2. The quantitative estimate of drug-likeness (QED) is 0.769. The van der Waals surface area contributed by atoms with Gasteiger partial charge in [-0.15, -0.1) is 0 Å². The van der Waals surface area contributed by atoms with Gasteiger partial charge in [0.2, 0.25) is 0 Å². The van der Waals surface area contributed by atoms with Crippen LogP contribution in [0.2, 0.25) is 0 Å². The lowest BCUT2D eigenvalue weighted by Crippen LogP contribution is -2.42. The molecule has 0 saturated heterocycles. The van der Waals surface area contributed by atoms with Gasteiger partial charge in [-0.3, -0.25) is 0 Å². The third kappa shape index (κ3) is 3.13. The van der Waals surface area contributed by atoms with E-state index in [2.05, 4.69) is 24.1 Å². The van der Waals surface area contributed by atoms with Gasteiger partial charge in [0.15, 0.2) is 0 Å². The second-order valence-electron chi connectivity index (χ2n) is 6.18. The Morgan fingerprint density at radius 1 is 1.33 bits per heavy atom. The Labute approximate surface area is 109 Å². The summed E-state index contributed by atoms with van der Waals surface area (Å²) in [5.41, 5.74) is 6.17. The molecule has 0 spiro atoms. The minimum Gasteiger partial charge on any atom is -0.396 e. The second kappa shape index (κ2) is 4.76. The average molecular weight is 249 g/mol. The number of nitrogens with one attached hydrogen (secondary N) is 1. The third-order valence-corrected chi connectivity index (χ3v) is 3.96. The lowest BCUT2D eigenvalue weighted by molar-refractivity contribution is -0.0145. The van der Waals surface area contributed by atoms with Crippen LogP contribution in [0.3, 0.4) is 0 Å². The van der Waals surface area contributed by atoms with Crippen LogP contribution in [0.4, 0.5) is 11.5 Å². The molecule has 0 amide bonds. The highest BCUT2D eigenvalue weighted by Crippen LogP contribution is 2.40. The number of aromatic nitrogens is 1. The molecule has 1 aliphatic rings. The van der Waals surface area contributed by atoms with Crippen molar-refractivity contribution in [2.24, 2.45) is 5.41 Å².